The van der Waals surface area contributed by atoms with Crippen molar-refractivity contribution in [2.24, 2.45) is 11.0 Å². The lowest BCUT2D eigenvalue weighted by atomic mass is 9.87. The van der Waals surface area contributed by atoms with Crippen LogP contribution in [0.2, 0.25) is 0 Å². The molecule has 1 heterocycles. The van der Waals surface area contributed by atoms with Gasteiger partial charge in [-0.2, -0.15) is 5.10 Å². The number of aryl methyl sites for hydroxylation is 1. The predicted molar refractivity (Wildman–Crippen MR) is 101 cm³/mol. The molecule has 0 unspecified atom stereocenters. The summed E-state index contributed by atoms with van der Waals surface area (Å²) in [6.45, 7) is 4.30. The van der Waals surface area contributed by atoms with Gasteiger partial charge in [0.05, 0.1) is 10.6 Å². The first kappa shape index (κ1) is 16.9. The Morgan fingerprint density at radius 2 is 2.08 bits per heavy atom. The summed E-state index contributed by atoms with van der Waals surface area (Å²) in [7, 11) is 0. The summed E-state index contributed by atoms with van der Waals surface area (Å²) in [6, 6.07) is 12.1. The lowest BCUT2D eigenvalue weighted by Crippen LogP contribution is -2.19. The van der Waals surface area contributed by atoms with Gasteiger partial charge >= 0.3 is 0 Å². The van der Waals surface area contributed by atoms with E-state index in [4.69, 9.17) is 0 Å². The standard InChI is InChI=1S/C20H24N2OS/c1-3-14-10-11-18-16(12-14)13-19(24-18)20(23)22-21-17(4-2)15-8-6-5-7-9-15/h5-9,13-14H,3-4,10-12H2,1-2H3,(H,22,23)/b21-17-/t14-/m1/s1. The summed E-state index contributed by atoms with van der Waals surface area (Å²) < 4.78 is 0. The van der Waals surface area contributed by atoms with Crippen LogP contribution in [0, 0.1) is 5.92 Å². The fraction of sp³-hybridized carbons (Fsp3) is 0.400. The first-order chi connectivity index (χ1) is 11.7. The zero-order valence-corrected chi connectivity index (χ0v) is 15.2. The van der Waals surface area contributed by atoms with E-state index in [0.29, 0.717) is 0 Å². The molecule has 1 aliphatic rings. The van der Waals surface area contributed by atoms with E-state index in [1.165, 1.54) is 23.3 Å². The topological polar surface area (TPSA) is 41.5 Å². The first-order valence-electron chi connectivity index (χ1n) is 8.75. The molecule has 1 aromatic heterocycles. The van der Waals surface area contributed by atoms with Crippen molar-refractivity contribution in [3.63, 3.8) is 0 Å². The zero-order valence-electron chi connectivity index (χ0n) is 14.3. The van der Waals surface area contributed by atoms with Crippen LogP contribution in [0.25, 0.3) is 0 Å². The van der Waals surface area contributed by atoms with E-state index in [9.17, 15) is 4.79 Å². The van der Waals surface area contributed by atoms with Gasteiger partial charge in [-0.05, 0) is 48.8 Å². The summed E-state index contributed by atoms with van der Waals surface area (Å²) in [4.78, 5) is 14.6. The molecule has 4 heteroatoms. The number of hydrogen-bond acceptors (Lipinski definition) is 3. The van der Waals surface area contributed by atoms with Crippen LogP contribution >= 0.6 is 11.3 Å². The average Bonchev–Trinajstić information content (AvgIpc) is 3.06. The van der Waals surface area contributed by atoms with Gasteiger partial charge in [-0.3, -0.25) is 4.79 Å². The number of rotatable bonds is 5. The number of carbonyl (C=O) groups is 1. The molecule has 2 aromatic rings. The Labute approximate surface area is 147 Å². The molecule has 3 rings (SSSR count). The molecule has 0 aliphatic heterocycles. The minimum atomic E-state index is -0.0932. The molecule has 126 valence electrons. The van der Waals surface area contributed by atoms with Gasteiger partial charge in [0.25, 0.3) is 5.91 Å². The van der Waals surface area contributed by atoms with Crippen molar-refractivity contribution in [3.8, 4) is 0 Å². The van der Waals surface area contributed by atoms with Crippen molar-refractivity contribution in [1.82, 2.24) is 5.43 Å². The maximum atomic E-state index is 12.5. The van der Waals surface area contributed by atoms with Gasteiger partial charge in [0.15, 0.2) is 0 Å². The number of hydrogen-bond donors (Lipinski definition) is 1. The molecule has 1 aromatic carbocycles. The lowest BCUT2D eigenvalue weighted by Gasteiger charge is -2.19. The number of fused-ring (bicyclic) bond motifs is 1. The van der Waals surface area contributed by atoms with Crippen LogP contribution in [-0.2, 0) is 12.8 Å². The normalized spacial score (nSPS) is 17.4. The van der Waals surface area contributed by atoms with Crippen molar-refractivity contribution in [3.05, 3.63) is 57.3 Å². The Morgan fingerprint density at radius 3 is 2.79 bits per heavy atom. The second-order valence-electron chi connectivity index (χ2n) is 6.30. The molecule has 3 nitrogen and oxygen atoms in total. The van der Waals surface area contributed by atoms with E-state index >= 15 is 0 Å². The summed E-state index contributed by atoms with van der Waals surface area (Å²) in [5.41, 5.74) is 6.06. The van der Waals surface area contributed by atoms with Crippen LogP contribution in [0.5, 0.6) is 0 Å². The van der Waals surface area contributed by atoms with Crippen molar-refractivity contribution in [1.29, 1.82) is 0 Å². The number of nitrogens with zero attached hydrogens (tertiary/aromatic N) is 1. The van der Waals surface area contributed by atoms with Gasteiger partial charge in [0.1, 0.15) is 0 Å². The fourth-order valence-corrected chi connectivity index (χ4v) is 4.31. The highest BCUT2D eigenvalue weighted by Gasteiger charge is 2.22. The number of thiophene rings is 1. The number of nitrogens with one attached hydrogen (secondary N) is 1. The Balaban J connectivity index is 1.71. The highest BCUT2D eigenvalue weighted by atomic mass is 32.1. The predicted octanol–water partition coefficient (Wildman–Crippen LogP) is 4.81. The molecular formula is C20H24N2OS. The van der Waals surface area contributed by atoms with Gasteiger partial charge in [-0.25, -0.2) is 5.43 Å². The molecule has 24 heavy (non-hydrogen) atoms. The van der Waals surface area contributed by atoms with Crippen molar-refractivity contribution >= 4 is 23.0 Å². The van der Waals surface area contributed by atoms with Crippen LogP contribution in [0.3, 0.4) is 0 Å². The Kier molecular flexibility index (Phi) is 5.46. The molecule has 1 N–H and O–H groups in total. The third kappa shape index (κ3) is 3.75. The molecule has 0 bridgehead atoms. The number of hydrazone groups is 1. The maximum absolute atomic E-state index is 12.5. The second kappa shape index (κ2) is 7.75. The van der Waals surface area contributed by atoms with Crippen LogP contribution in [-0.4, -0.2) is 11.6 Å². The highest BCUT2D eigenvalue weighted by molar-refractivity contribution is 7.14. The van der Waals surface area contributed by atoms with Crippen molar-refractivity contribution in [2.75, 3.05) is 0 Å². The molecule has 1 atom stereocenters. The number of carbonyl (C=O) groups excluding carboxylic acids is 1. The first-order valence-corrected chi connectivity index (χ1v) is 9.56. The Bertz CT molecular complexity index is 733. The third-order valence-corrected chi connectivity index (χ3v) is 5.96. The number of amides is 1. The fourth-order valence-electron chi connectivity index (χ4n) is 3.21. The number of benzene rings is 1. The van der Waals surface area contributed by atoms with E-state index in [2.05, 4.69) is 23.5 Å². The third-order valence-electron chi connectivity index (χ3n) is 4.72. The largest absolute Gasteiger partial charge is 0.281 e. The highest BCUT2D eigenvalue weighted by Crippen LogP contribution is 2.33. The summed E-state index contributed by atoms with van der Waals surface area (Å²) in [5, 5.41) is 4.35. The molecule has 1 aliphatic carbocycles. The second-order valence-corrected chi connectivity index (χ2v) is 7.43. The zero-order chi connectivity index (χ0) is 16.9. The quantitative estimate of drug-likeness (QED) is 0.616. The summed E-state index contributed by atoms with van der Waals surface area (Å²) in [5.74, 6) is 0.676. The summed E-state index contributed by atoms with van der Waals surface area (Å²) in [6.07, 6.45) is 5.47. The minimum absolute atomic E-state index is 0.0932. The monoisotopic (exact) mass is 340 g/mol. The maximum Gasteiger partial charge on any atom is 0.281 e. The smallest absolute Gasteiger partial charge is 0.266 e. The van der Waals surface area contributed by atoms with Gasteiger partial charge in [-0.15, -0.1) is 11.3 Å². The molecular weight excluding hydrogens is 316 g/mol. The summed E-state index contributed by atoms with van der Waals surface area (Å²) >= 11 is 1.63. The van der Waals surface area contributed by atoms with E-state index < -0.39 is 0 Å². The van der Waals surface area contributed by atoms with Crippen LogP contribution in [0.4, 0.5) is 0 Å². The van der Waals surface area contributed by atoms with Gasteiger partial charge in [0, 0.05) is 4.88 Å². The van der Waals surface area contributed by atoms with E-state index in [1.54, 1.807) is 11.3 Å². The average molecular weight is 340 g/mol. The van der Waals surface area contributed by atoms with Gasteiger partial charge in [0.2, 0.25) is 0 Å². The van der Waals surface area contributed by atoms with E-state index in [1.807, 2.05) is 37.3 Å². The van der Waals surface area contributed by atoms with E-state index in [-0.39, 0.29) is 5.91 Å². The molecule has 1 amide bonds. The minimum Gasteiger partial charge on any atom is -0.266 e. The van der Waals surface area contributed by atoms with Gasteiger partial charge < -0.3 is 0 Å². The van der Waals surface area contributed by atoms with Crippen molar-refractivity contribution in [2.45, 2.75) is 46.0 Å². The Morgan fingerprint density at radius 1 is 1.29 bits per heavy atom. The molecule has 0 saturated heterocycles. The SMILES string of the molecule is CC/C(=N/NC(=O)c1cc2c(s1)CC[C@@H](CC)C2)c1ccccc1. The molecule has 0 fully saturated rings. The van der Waals surface area contributed by atoms with Crippen LogP contribution < -0.4 is 5.43 Å². The van der Waals surface area contributed by atoms with Crippen LogP contribution in [0.1, 0.15) is 58.8 Å². The molecule has 0 spiro atoms. The van der Waals surface area contributed by atoms with Gasteiger partial charge in [-0.1, -0.05) is 50.6 Å². The Hall–Kier alpha value is -1.94. The van der Waals surface area contributed by atoms with E-state index in [0.717, 1.165) is 41.3 Å². The molecule has 0 saturated carbocycles. The van der Waals surface area contributed by atoms with Crippen molar-refractivity contribution < 1.29 is 4.79 Å². The lowest BCUT2D eigenvalue weighted by molar-refractivity contribution is 0.0959. The van der Waals surface area contributed by atoms with Crippen LogP contribution in [0.15, 0.2) is 41.5 Å². The molecule has 0 radical (unpaired) electrons.